The molecule has 2 rings (SSSR count). The van der Waals surface area contributed by atoms with Gasteiger partial charge in [0.25, 0.3) is 0 Å². The molecule has 0 saturated carbocycles. The van der Waals surface area contributed by atoms with Crippen molar-refractivity contribution < 1.29 is 9.26 Å². The molecule has 1 unspecified atom stereocenters. The molecule has 5 nitrogen and oxygen atoms in total. The first kappa shape index (κ1) is 11.5. The van der Waals surface area contributed by atoms with Crippen LogP contribution in [0.5, 0.6) is 0 Å². The van der Waals surface area contributed by atoms with Crippen molar-refractivity contribution in [2.75, 3.05) is 19.7 Å². The Labute approximate surface area is 95.6 Å². The predicted molar refractivity (Wildman–Crippen MR) is 59.1 cm³/mol. The molecule has 0 spiro atoms. The van der Waals surface area contributed by atoms with Gasteiger partial charge in [0.2, 0.25) is 5.89 Å². The molecule has 0 amide bonds. The fourth-order valence-corrected chi connectivity index (χ4v) is 2.10. The molecule has 1 aromatic heterocycles. The van der Waals surface area contributed by atoms with Crippen molar-refractivity contribution >= 4 is 0 Å². The first-order valence-corrected chi connectivity index (χ1v) is 5.92. The quantitative estimate of drug-likeness (QED) is 0.817. The summed E-state index contributed by atoms with van der Waals surface area (Å²) in [6.45, 7) is 7.18. The summed E-state index contributed by atoms with van der Waals surface area (Å²) < 4.78 is 10.6. The lowest BCUT2D eigenvalue weighted by Gasteiger charge is -2.20. The topological polar surface area (TPSA) is 60.2 Å². The summed E-state index contributed by atoms with van der Waals surface area (Å²) in [7, 11) is 0. The van der Waals surface area contributed by atoms with Gasteiger partial charge in [-0.1, -0.05) is 12.1 Å². The van der Waals surface area contributed by atoms with Crippen LogP contribution in [0.15, 0.2) is 4.52 Å². The molecule has 1 aliphatic heterocycles. The maximum Gasteiger partial charge on any atom is 0.234 e. The number of rotatable bonds is 5. The molecular formula is C11H19N3O2. The van der Waals surface area contributed by atoms with E-state index in [-0.39, 0.29) is 5.41 Å². The Hall–Kier alpha value is -0.940. The Bertz CT molecular complexity index is 332. The van der Waals surface area contributed by atoms with E-state index in [0.717, 1.165) is 31.8 Å². The van der Waals surface area contributed by atoms with Crippen LogP contribution in [0, 0.1) is 0 Å². The number of nitrogens with zero attached hydrogens (tertiary/aromatic N) is 2. The van der Waals surface area contributed by atoms with Crippen molar-refractivity contribution in [2.45, 2.75) is 38.7 Å². The minimum Gasteiger partial charge on any atom is -0.374 e. The van der Waals surface area contributed by atoms with Gasteiger partial charge in [-0.3, -0.25) is 0 Å². The molecule has 1 aromatic rings. The molecule has 0 bridgehead atoms. The van der Waals surface area contributed by atoms with E-state index >= 15 is 0 Å². The van der Waals surface area contributed by atoms with E-state index in [1.807, 2.05) is 6.92 Å². The summed E-state index contributed by atoms with van der Waals surface area (Å²) in [4.78, 5) is 4.43. The normalized spacial score (nSPS) is 25.1. The van der Waals surface area contributed by atoms with E-state index < -0.39 is 0 Å². The van der Waals surface area contributed by atoms with Crippen LogP contribution in [-0.4, -0.2) is 29.8 Å². The van der Waals surface area contributed by atoms with Crippen LogP contribution < -0.4 is 5.32 Å². The van der Waals surface area contributed by atoms with Gasteiger partial charge in [0, 0.05) is 13.2 Å². The third kappa shape index (κ3) is 2.10. The Morgan fingerprint density at radius 1 is 1.50 bits per heavy atom. The lowest BCUT2D eigenvalue weighted by atomic mass is 9.84. The van der Waals surface area contributed by atoms with Crippen LogP contribution in [0.1, 0.15) is 38.4 Å². The molecule has 1 N–H and O–H groups in total. The van der Waals surface area contributed by atoms with Gasteiger partial charge in [0.15, 0.2) is 5.82 Å². The Kier molecular flexibility index (Phi) is 3.56. The van der Waals surface area contributed by atoms with Crippen LogP contribution in [0.25, 0.3) is 0 Å². The monoisotopic (exact) mass is 225 g/mol. The van der Waals surface area contributed by atoms with Crippen molar-refractivity contribution in [1.82, 2.24) is 15.5 Å². The van der Waals surface area contributed by atoms with Gasteiger partial charge in [-0.25, -0.2) is 0 Å². The highest BCUT2D eigenvalue weighted by atomic mass is 16.5. The fourth-order valence-electron chi connectivity index (χ4n) is 2.10. The molecule has 0 radical (unpaired) electrons. The first-order chi connectivity index (χ1) is 7.80. The molecule has 1 atom stereocenters. The highest BCUT2D eigenvalue weighted by Gasteiger charge is 2.39. The molecule has 16 heavy (non-hydrogen) atoms. The minimum absolute atomic E-state index is 0.0392. The Morgan fingerprint density at radius 3 is 3.00 bits per heavy atom. The zero-order chi connectivity index (χ0) is 11.4. The molecule has 5 heteroatoms. The second-order valence-corrected chi connectivity index (χ2v) is 4.21. The van der Waals surface area contributed by atoms with Crippen LogP contribution in [0.3, 0.4) is 0 Å². The smallest absolute Gasteiger partial charge is 0.234 e. The first-order valence-electron chi connectivity index (χ1n) is 5.92. The van der Waals surface area contributed by atoms with Gasteiger partial charge in [-0.2, -0.15) is 4.98 Å². The Balaban J connectivity index is 2.10. The van der Waals surface area contributed by atoms with Gasteiger partial charge in [0.05, 0.1) is 5.41 Å². The summed E-state index contributed by atoms with van der Waals surface area (Å²) in [5.74, 6) is 1.41. The van der Waals surface area contributed by atoms with Crippen molar-refractivity contribution in [1.29, 1.82) is 0 Å². The lowest BCUT2D eigenvalue weighted by Crippen LogP contribution is -2.28. The van der Waals surface area contributed by atoms with E-state index in [4.69, 9.17) is 9.26 Å². The average molecular weight is 225 g/mol. The van der Waals surface area contributed by atoms with Crippen LogP contribution in [-0.2, 0) is 16.8 Å². The van der Waals surface area contributed by atoms with E-state index in [1.54, 1.807) is 0 Å². The van der Waals surface area contributed by atoms with E-state index in [9.17, 15) is 0 Å². The van der Waals surface area contributed by atoms with E-state index in [2.05, 4.69) is 22.4 Å². The lowest BCUT2D eigenvalue weighted by molar-refractivity contribution is 0.126. The van der Waals surface area contributed by atoms with Crippen LogP contribution >= 0.6 is 0 Å². The third-order valence-corrected chi connectivity index (χ3v) is 3.28. The molecule has 1 fully saturated rings. The molecule has 0 aromatic carbocycles. The van der Waals surface area contributed by atoms with Gasteiger partial charge < -0.3 is 14.6 Å². The number of ether oxygens (including phenoxy) is 1. The molecular weight excluding hydrogens is 206 g/mol. The Morgan fingerprint density at radius 2 is 2.38 bits per heavy atom. The average Bonchev–Trinajstić information content (AvgIpc) is 2.95. The van der Waals surface area contributed by atoms with Crippen molar-refractivity contribution in [3.8, 4) is 0 Å². The van der Waals surface area contributed by atoms with Crippen molar-refractivity contribution in [3.05, 3.63) is 11.7 Å². The second-order valence-electron chi connectivity index (χ2n) is 4.21. The summed E-state index contributed by atoms with van der Waals surface area (Å²) in [6.07, 6.45) is 2.09. The summed E-state index contributed by atoms with van der Waals surface area (Å²) in [6, 6.07) is 0. The van der Waals surface area contributed by atoms with Crippen molar-refractivity contribution in [3.63, 3.8) is 0 Å². The number of aromatic nitrogens is 2. The molecule has 0 aliphatic carbocycles. The zero-order valence-electron chi connectivity index (χ0n) is 9.95. The number of nitrogens with one attached hydrogen (secondary N) is 1. The SMILES string of the molecule is CCOCc1noc(C2(CC)CCNC2)n1. The van der Waals surface area contributed by atoms with Crippen LogP contribution in [0.4, 0.5) is 0 Å². The third-order valence-electron chi connectivity index (χ3n) is 3.28. The maximum atomic E-state index is 5.36. The van der Waals surface area contributed by atoms with Crippen LogP contribution in [0.2, 0.25) is 0 Å². The zero-order valence-corrected chi connectivity index (χ0v) is 9.95. The molecule has 90 valence electrons. The van der Waals surface area contributed by atoms with Crippen molar-refractivity contribution in [2.24, 2.45) is 0 Å². The maximum absolute atomic E-state index is 5.36. The van der Waals surface area contributed by atoms with Gasteiger partial charge in [-0.15, -0.1) is 0 Å². The van der Waals surface area contributed by atoms with Gasteiger partial charge in [-0.05, 0) is 26.3 Å². The fraction of sp³-hybridized carbons (Fsp3) is 0.818. The van der Waals surface area contributed by atoms with E-state index in [0.29, 0.717) is 19.0 Å². The molecule has 2 heterocycles. The summed E-state index contributed by atoms with van der Waals surface area (Å²) >= 11 is 0. The second kappa shape index (κ2) is 4.93. The highest BCUT2D eigenvalue weighted by Crippen LogP contribution is 2.32. The molecule has 1 aliphatic rings. The van der Waals surface area contributed by atoms with E-state index in [1.165, 1.54) is 0 Å². The summed E-state index contributed by atoms with van der Waals surface area (Å²) in [5.41, 5.74) is 0.0392. The highest BCUT2D eigenvalue weighted by molar-refractivity contribution is 5.09. The number of hydrogen-bond donors (Lipinski definition) is 1. The standard InChI is InChI=1S/C11H19N3O2/c1-3-11(5-6-12-8-11)10-13-9(14-16-10)7-15-4-2/h12H,3-8H2,1-2H3. The van der Waals surface area contributed by atoms with Gasteiger partial charge in [0.1, 0.15) is 6.61 Å². The van der Waals surface area contributed by atoms with Gasteiger partial charge >= 0.3 is 0 Å². The predicted octanol–water partition coefficient (Wildman–Crippen LogP) is 1.25. The molecule has 1 saturated heterocycles. The largest absolute Gasteiger partial charge is 0.374 e. The minimum atomic E-state index is 0.0392. The summed E-state index contributed by atoms with van der Waals surface area (Å²) in [5, 5.41) is 7.31. The number of hydrogen-bond acceptors (Lipinski definition) is 5.